The Kier molecular flexibility index (Phi) is 5.38. The third-order valence-electron chi connectivity index (χ3n) is 2.22. The van der Waals surface area contributed by atoms with Gasteiger partial charge in [0, 0.05) is 12.6 Å². The molecular weight excluding hydrogens is 216 g/mol. The monoisotopic (exact) mass is 236 g/mol. The van der Waals surface area contributed by atoms with Gasteiger partial charge in [0.1, 0.15) is 5.60 Å². The zero-order chi connectivity index (χ0) is 10.8. The third-order valence-corrected chi connectivity index (χ3v) is 2.22. The van der Waals surface area contributed by atoms with Gasteiger partial charge in [-0.3, -0.25) is 0 Å². The SMILES string of the molecule is C[C@@H]1CNC[C@@H]1NC(=O)OC(C)(C)C.Cl. The van der Waals surface area contributed by atoms with Gasteiger partial charge in [0.15, 0.2) is 0 Å². The lowest BCUT2D eigenvalue weighted by Gasteiger charge is -2.22. The first-order valence-corrected chi connectivity index (χ1v) is 5.09. The fraction of sp³-hybridized carbons (Fsp3) is 0.900. The fourth-order valence-electron chi connectivity index (χ4n) is 1.46. The lowest BCUT2D eigenvalue weighted by atomic mass is 10.1. The van der Waals surface area contributed by atoms with Crippen molar-refractivity contribution in [2.75, 3.05) is 13.1 Å². The van der Waals surface area contributed by atoms with Gasteiger partial charge in [-0.15, -0.1) is 12.4 Å². The molecule has 0 bridgehead atoms. The van der Waals surface area contributed by atoms with Crippen LogP contribution in [0.4, 0.5) is 4.79 Å². The van der Waals surface area contributed by atoms with Crippen LogP contribution in [0.5, 0.6) is 0 Å². The van der Waals surface area contributed by atoms with Crippen molar-refractivity contribution in [1.82, 2.24) is 10.6 Å². The normalized spacial score (nSPS) is 25.6. The van der Waals surface area contributed by atoms with Crippen molar-refractivity contribution in [3.05, 3.63) is 0 Å². The van der Waals surface area contributed by atoms with Gasteiger partial charge in [-0.25, -0.2) is 4.79 Å². The Morgan fingerprint density at radius 1 is 1.40 bits per heavy atom. The summed E-state index contributed by atoms with van der Waals surface area (Å²) in [5.74, 6) is 0.475. The third kappa shape index (κ3) is 5.23. The molecule has 0 radical (unpaired) electrons. The fourth-order valence-corrected chi connectivity index (χ4v) is 1.46. The molecule has 0 unspecified atom stereocenters. The number of carbonyl (C=O) groups excluding carboxylic acids is 1. The number of hydrogen-bond acceptors (Lipinski definition) is 3. The number of alkyl carbamates (subject to hydrolysis) is 1. The molecule has 0 aromatic rings. The summed E-state index contributed by atoms with van der Waals surface area (Å²) in [6.07, 6.45) is -0.321. The van der Waals surface area contributed by atoms with Crippen LogP contribution >= 0.6 is 12.4 Å². The van der Waals surface area contributed by atoms with E-state index in [1.165, 1.54) is 0 Å². The lowest BCUT2D eigenvalue weighted by Crippen LogP contribution is -2.42. The smallest absolute Gasteiger partial charge is 0.407 e. The summed E-state index contributed by atoms with van der Waals surface area (Å²) >= 11 is 0. The van der Waals surface area contributed by atoms with Gasteiger partial charge in [0.2, 0.25) is 0 Å². The number of amides is 1. The van der Waals surface area contributed by atoms with Crippen molar-refractivity contribution in [3.63, 3.8) is 0 Å². The molecule has 2 N–H and O–H groups in total. The van der Waals surface area contributed by atoms with Crippen LogP contribution in [-0.4, -0.2) is 30.8 Å². The summed E-state index contributed by atoms with van der Waals surface area (Å²) in [7, 11) is 0. The Morgan fingerprint density at radius 2 is 2.00 bits per heavy atom. The van der Waals surface area contributed by atoms with Crippen LogP contribution in [0.25, 0.3) is 0 Å². The Hall–Kier alpha value is -0.480. The summed E-state index contributed by atoms with van der Waals surface area (Å²) in [5, 5.41) is 6.08. The van der Waals surface area contributed by atoms with Crippen LogP contribution in [0.15, 0.2) is 0 Å². The first-order chi connectivity index (χ1) is 6.38. The molecule has 0 aromatic carbocycles. The van der Waals surface area contributed by atoms with Gasteiger partial charge in [-0.2, -0.15) is 0 Å². The predicted molar refractivity (Wildman–Crippen MR) is 62.4 cm³/mol. The average Bonchev–Trinajstić information content (AvgIpc) is 2.32. The average molecular weight is 237 g/mol. The molecule has 0 spiro atoms. The van der Waals surface area contributed by atoms with Crippen LogP contribution in [0.3, 0.4) is 0 Å². The number of carbonyl (C=O) groups is 1. The van der Waals surface area contributed by atoms with Crippen molar-refractivity contribution < 1.29 is 9.53 Å². The maximum atomic E-state index is 11.4. The molecule has 0 saturated carbocycles. The highest BCUT2D eigenvalue weighted by Gasteiger charge is 2.26. The molecular formula is C10H21ClN2O2. The molecule has 1 saturated heterocycles. The topological polar surface area (TPSA) is 50.4 Å². The van der Waals surface area contributed by atoms with Crippen molar-refractivity contribution in [1.29, 1.82) is 0 Å². The second-order valence-electron chi connectivity index (χ2n) is 4.89. The summed E-state index contributed by atoms with van der Waals surface area (Å²) in [6, 6.07) is 0.199. The number of hydrogen-bond donors (Lipinski definition) is 2. The highest BCUT2D eigenvalue weighted by molar-refractivity contribution is 5.85. The van der Waals surface area contributed by atoms with E-state index in [9.17, 15) is 4.79 Å². The van der Waals surface area contributed by atoms with Gasteiger partial charge in [-0.05, 0) is 33.2 Å². The van der Waals surface area contributed by atoms with E-state index in [2.05, 4.69) is 17.6 Å². The van der Waals surface area contributed by atoms with Crippen molar-refractivity contribution in [3.8, 4) is 0 Å². The van der Waals surface area contributed by atoms with E-state index in [1.54, 1.807) is 0 Å². The standard InChI is InChI=1S/C10H20N2O2.ClH/c1-7-5-11-6-8(7)12-9(13)14-10(2,3)4;/h7-8,11H,5-6H2,1-4H3,(H,12,13);1H/t7-,8+;/m1./s1. The second-order valence-corrected chi connectivity index (χ2v) is 4.89. The summed E-state index contributed by atoms with van der Waals surface area (Å²) in [6.45, 7) is 9.50. The minimum absolute atomic E-state index is 0. The van der Waals surface area contributed by atoms with Gasteiger partial charge in [0.25, 0.3) is 0 Å². The first-order valence-electron chi connectivity index (χ1n) is 5.09. The van der Waals surface area contributed by atoms with Crippen LogP contribution in [0, 0.1) is 5.92 Å². The number of rotatable bonds is 1. The Balaban J connectivity index is 0.00000196. The van der Waals surface area contributed by atoms with Gasteiger partial charge < -0.3 is 15.4 Å². The molecule has 15 heavy (non-hydrogen) atoms. The zero-order valence-electron chi connectivity index (χ0n) is 9.79. The Labute approximate surface area is 97.5 Å². The highest BCUT2D eigenvalue weighted by Crippen LogP contribution is 2.10. The minimum Gasteiger partial charge on any atom is -0.444 e. The molecule has 1 heterocycles. The van der Waals surface area contributed by atoms with Gasteiger partial charge >= 0.3 is 6.09 Å². The molecule has 0 aromatic heterocycles. The molecule has 90 valence electrons. The number of ether oxygens (including phenoxy) is 1. The molecule has 1 aliphatic rings. The second kappa shape index (κ2) is 5.56. The molecule has 2 atom stereocenters. The summed E-state index contributed by atoms with van der Waals surface area (Å²) in [5.41, 5.74) is -0.417. The highest BCUT2D eigenvalue weighted by atomic mass is 35.5. The van der Waals surface area contributed by atoms with E-state index in [1.807, 2.05) is 20.8 Å². The predicted octanol–water partition coefficient (Wildman–Crippen LogP) is 1.54. The largest absolute Gasteiger partial charge is 0.444 e. The van der Waals surface area contributed by atoms with Crippen LogP contribution in [-0.2, 0) is 4.74 Å². The molecule has 1 amide bonds. The maximum Gasteiger partial charge on any atom is 0.407 e. The summed E-state index contributed by atoms with van der Waals surface area (Å²) < 4.78 is 5.17. The maximum absolute atomic E-state index is 11.4. The molecule has 1 fully saturated rings. The minimum atomic E-state index is -0.417. The van der Waals surface area contributed by atoms with E-state index < -0.39 is 5.60 Å². The quantitative estimate of drug-likeness (QED) is 0.726. The van der Waals surface area contributed by atoms with Crippen molar-refractivity contribution in [2.24, 2.45) is 5.92 Å². The summed E-state index contributed by atoms with van der Waals surface area (Å²) in [4.78, 5) is 11.4. The molecule has 0 aliphatic carbocycles. The van der Waals surface area contributed by atoms with E-state index >= 15 is 0 Å². The zero-order valence-corrected chi connectivity index (χ0v) is 10.6. The Bertz CT molecular complexity index is 216. The molecule has 4 nitrogen and oxygen atoms in total. The molecule has 1 rings (SSSR count). The van der Waals surface area contributed by atoms with E-state index in [0.717, 1.165) is 13.1 Å². The van der Waals surface area contributed by atoms with Crippen molar-refractivity contribution >= 4 is 18.5 Å². The van der Waals surface area contributed by atoms with Crippen LogP contribution in [0.1, 0.15) is 27.7 Å². The molecule has 5 heteroatoms. The van der Waals surface area contributed by atoms with Crippen LogP contribution < -0.4 is 10.6 Å². The molecule has 1 aliphatic heterocycles. The van der Waals surface area contributed by atoms with E-state index in [-0.39, 0.29) is 24.5 Å². The van der Waals surface area contributed by atoms with E-state index in [4.69, 9.17) is 4.74 Å². The van der Waals surface area contributed by atoms with E-state index in [0.29, 0.717) is 5.92 Å². The van der Waals surface area contributed by atoms with Gasteiger partial charge in [-0.1, -0.05) is 6.92 Å². The lowest BCUT2D eigenvalue weighted by molar-refractivity contribution is 0.0499. The van der Waals surface area contributed by atoms with Crippen LogP contribution in [0.2, 0.25) is 0 Å². The first kappa shape index (κ1) is 14.5. The Morgan fingerprint density at radius 3 is 2.40 bits per heavy atom. The number of nitrogens with one attached hydrogen (secondary N) is 2. The van der Waals surface area contributed by atoms with Crippen molar-refractivity contribution in [2.45, 2.75) is 39.3 Å². The number of halogens is 1. The van der Waals surface area contributed by atoms with Gasteiger partial charge in [0.05, 0.1) is 0 Å².